The Labute approximate surface area is 134 Å². The fraction of sp³-hybridized carbons (Fsp3) is 0.167. The molecule has 0 fully saturated rings. The summed E-state index contributed by atoms with van der Waals surface area (Å²) in [5.41, 5.74) is 3.96. The average molecular weight is 314 g/mol. The summed E-state index contributed by atoms with van der Waals surface area (Å²) in [6.07, 6.45) is 2.91. The van der Waals surface area contributed by atoms with Gasteiger partial charge in [0.25, 0.3) is 0 Å². The lowest BCUT2D eigenvalue weighted by atomic mass is 9.95. The predicted molar refractivity (Wildman–Crippen MR) is 90.2 cm³/mol. The minimum Gasteiger partial charge on any atom is -0.493 e. The molecule has 2 aromatic rings. The average Bonchev–Trinajstić information content (AvgIpc) is 2.49. The first-order chi connectivity index (χ1) is 10.6. The molecule has 3 rings (SSSR count). The molecule has 0 saturated carbocycles. The number of carbonyl (C=O) groups is 1. The molecule has 1 heterocycles. The fourth-order valence-corrected chi connectivity index (χ4v) is 2.70. The first kappa shape index (κ1) is 14.7. The van der Waals surface area contributed by atoms with Crippen LogP contribution in [0.15, 0.2) is 42.5 Å². The van der Waals surface area contributed by atoms with E-state index in [0.717, 1.165) is 34.6 Å². The van der Waals surface area contributed by atoms with Crippen LogP contribution in [0.25, 0.3) is 11.6 Å². The zero-order valence-electron chi connectivity index (χ0n) is 12.2. The van der Waals surface area contributed by atoms with Crippen molar-refractivity contribution < 1.29 is 9.53 Å². The summed E-state index contributed by atoms with van der Waals surface area (Å²) < 4.78 is 5.72. The van der Waals surface area contributed by atoms with Crippen molar-refractivity contribution in [3.63, 3.8) is 0 Å². The van der Waals surface area contributed by atoms with Crippen LogP contribution in [-0.4, -0.2) is 12.5 Å². The second-order valence-corrected chi connectivity index (χ2v) is 5.62. The fourth-order valence-electron chi connectivity index (χ4n) is 2.58. The minimum atomic E-state index is -0.0928. The molecule has 0 bridgehead atoms. The number of nitrogens with one attached hydrogen (secondary N) is 1. The van der Waals surface area contributed by atoms with E-state index in [4.69, 9.17) is 16.3 Å². The molecule has 112 valence electrons. The second-order valence-electron chi connectivity index (χ2n) is 5.18. The van der Waals surface area contributed by atoms with E-state index in [1.54, 1.807) is 0 Å². The maximum Gasteiger partial charge on any atom is 0.221 e. The Hall–Kier alpha value is -2.26. The number of halogens is 1. The third-order valence-electron chi connectivity index (χ3n) is 3.50. The highest BCUT2D eigenvalue weighted by Gasteiger charge is 2.19. The van der Waals surface area contributed by atoms with Gasteiger partial charge >= 0.3 is 0 Å². The van der Waals surface area contributed by atoms with Gasteiger partial charge in [-0.05, 0) is 35.4 Å². The quantitative estimate of drug-likeness (QED) is 0.878. The van der Waals surface area contributed by atoms with E-state index in [1.165, 1.54) is 6.92 Å². The number of rotatable bonds is 2. The van der Waals surface area contributed by atoms with Crippen LogP contribution in [0.5, 0.6) is 5.75 Å². The first-order valence-corrected chi connectivity index (χ1v) is 7.51. The highest BCUT2D eigenvalue weighted by atomic mass is 35.5. The summed E-state index contributed by atoms with van der Waals surface area (Å²) in [6, 6.07) is 13.4. The van der Waals surface area contributed by atoms with Crippen LogP contribution >= 0.6 is 11.6 Å². The standard InChI is InChI=1S/C18H16ClNO2/c1-12(21)20-16-3-2-4-17-18(16)14(9-10-22-17)11-13-5-7-15(19)8-6-13/h2-8,11H,9-10H2,1H3,(H,20,21)/b14-11+. The molecule has 2 aromatic carbocycles. The summed E-state index contributed by atoms with van der Waals surface area (Å²) in [6.45, 7) is 2.14. The van der Waals surface area contributed by atoms with E-state index in [2.05, 4.69) is 11.4 Å². The monoisotopic (exact) mass is 313 g/mol. The summed E-state index contributed by atoms with van der Waals surface area (Å²) in [5.74, 6) is 0.711. The van der Waals surface area contributed by atoms with Crippen LogP contribution in [0.3, 0.4) is 0 Å². The molecule has 0 aliphatic carbocycles. The van der Waals surface area contributed by atoms with Crippen molar-refractivity contribution >= 4 is 34.8 Å². The van der Waals surface area contributed by atoms with Gasteiger partial charge in [-0.25, -0.2) is 0 Å². The Morgan fingerprint density at radius 3 is 2.73 bits per heavy atom. The Morgan fingerprint density at radius 2 is 2.00 bits per heavy atom. The maximum absolute atomic E-state index is 11.4. The number of ether oxygens (including phenoxy) is 1. The summed E-state index contributed by atoms with van der Waals surface area (Å²) in [7, 11) is 0. The molecule has 1 aliphatic heterocycles. The van der Waals surface area contributed by atoms with Gasteiger partial charge in [0.1, 0.15) is 5.75 Å². The van der Waals surface area contributed by atoms with Crippen molar-refractivity contribution in [1.29, 1.82) is 0 Å². The molecule has 1 amide bonds. The molecule has 1 N–H and O–H groups in total. The third-order valence-corrected chi connectivity index (χ3v) is 3.75. The van der Waals surface area contributed by atoms with Crippen molar-refractivity contribution in [2.45, 2.75) is 13.3 Å². The van der Waals surface area contributed by atoms with Crippen LogP contribution in [0, 0.1) is 0 Å². The lowest BCUT2D eigenvalue weighted by Crippen LogP contribution is -2.13. The predicted octanol–water partition coefficient (Wildman–Crippen LogP) is 4.62. The molecule has 1 aliphatic rings. The largest absolute Gasteiger partial charge is 0.493 e. The number of carbonyl (C=O) groups excluding carboxylic acids is 1. The van der Waals surface area contributed by atoms with Crippen molar-refractivity contribution in [2.75, 3.05) is 11.9 Å². The van der Waals surface area contributed by atoms with Gasteiger partial charge in [-0.1, -0.05) is 35.9 Å². The zero-order chi connectivity index (χ0) is 15.5. The first-order valence-electron chi connectivity index (χ1n) is 7.13. The third kappa shape index (κ3) is 3.15. The Balaban J connectivity index is 2.06. The van der Waals surface area contributed by atoms with Gasteiger partial charge in [-0.3, -0.25) is 4.79 Å². The maximum atomic E-state index is 11.4. The van der Waals surface area contributed by atoms with Crippen LogP contribution in [-0.2, 0) is 4.79 Å². The number of amides is 1. The normalized spacial score (nSPS) is 15.1. The second kappa shape index (κ2) is 6.24. The van der Waals surface area contributed by atoms with Crippen LogP contribution in [0.2, 0.25) is 5.02 Å². The van der Waals surface area contributed by atoms with E-state index in [1.807, 2.05) is 42.5 Å². The summed E-state index contributed by atoms with van der Waals surface area (Å²) >= 11 is 5.93. The Bertz CT molecular complexity index is 735. The topological polar surface area (TPSA) is 38.3 Å². The van der Waals surface area contributed by atoms with E-state index < -0.39 is 0 Å². The van der Waals surface area contributed by atoms with Gasteiger partial charge in [-0.15, -0.1) is 0 Å². The van der Waals surface area contributed by atoms with E-state index in [-0.39, 0.29) is 5.91 Å². The highest BCUT2D eigenvalue weighted by molar-refractivity contribution is 6.30. The summed E-state index contributed by atoms with van der Waals surface area (Å²) in [4.78, 5) is 11.4. The molecule has 0 saturated heterocycles. The molecule has 0 spiro atoms. The number of benzene rings is 2. The molecule has 0 aromatic heterocycles. The molecule has 3 nitrogen and oxygen atoms in total. The number of fused-ring (bicyclic) bond motifs is 1. The molecular weight excluding hydrogens is 298 g/mol. The van der Waals surface area contributed by atoms with Gasteiger partial charge in [0.15, 0.2) is 0 Å². The van der Waals surface area contributed by atoms with Crippen LogP contribution in [0.1, 0.15) is 24.5 Å². The van der Waals surface area contributed by atoms with Gasteiger partial charge in [0.05, 0.1) is 12.3 Å². The summed E-state index contributed by atoms with van der Waals surface area (Å²) in [5, 5.41) is 3.59. The lowest BCUT2D eigenvalue weighted by molar-refractivity contribution is -0.114. The van der Waals surface area contributed by atoms with Crippen molar-refractivity contribution in [2.24, 2.45) is 0 Å². The number of hydrogen-bond acceptors (Lipinski definition) is 2. The highest BCUT2D eigenvalue weighted by Crippen LogP contribution is 2.39. The van der Waals surface area contributed by atoms with Gasteiger partial charge < -0.3 is 10.1 Å². The molecule has 22 heavy (non-hydrogen) atoms. The van der Waals surface area contributed by atoms with E-state index in [9.17, 15) is 4.79 Å². The van der Waals surface area contributed by atoms with E-state index in [0.29, 0.717) is 11.6 Å². The Morgan fingerprint density at radius 1 is 1.23 bits per heavy atom. The molecular formula is C18H16ClNO2. The van der Waals surface area contributed by atoms with Crippen molar-refractivity contribution in [1.82, 2.24) is 0 Å². The van der Waals surface area contributed by atoms with Crippen molar-refractivity contribution in [3.8, 4) is 5.75 Å². The lowest BCUT2D eigenvalue weighted by Gasteiger charge is -2.23. The van der Waals surface area contributed by atoms with Gasteiger partial charge in [0, 0.05) is 23.9 Å². The molecule has 4 heteroatoms. The Kier molecular flexibility index (Phi) is 4.16. The minimum absolute atomic E-state index is 0.0928. The van der Waals surface area contributed by atoms with Crippen molar-refractivity contribution in [3.05, 3.63) is 58.6 Å². The molecule has 0 unspecified atom stereocenters. The van der Waals surface area contributed by atoms with Crippen LogP contribution in [0.4, 0.5) is 5.69 Å². The van der Waals surface area contributed by atoms with Gasteiger partial charge in [0.2, 0.25) is 5.91 Å². The van der Waals surface area contributed by atoms with Gasteiger partial charge in [-0.2, -0.15) is 0 Å². The smallest absolute Gasteiger partial charge is 0.221 e. The SMILES string of the molecule is CC(=O)Nc1cccc2c1/C(=C/c1ccc(Cl)cc1)CCO2. The molecule has 0 atom stereocenters. The van der Waals surface area contributed by atoms with Crippen LogP contribution < -0.4 is 10.1 Å². The number of hydrogen-bond donors (Lipinski definition) is 1. The zero-order valence-corrected chi connectivity index (χ0v) is 13.0. The molecule has 0 radical (unpaired) electrons. The van der Waals surface area contributed by atoms with E-state index >= 15 is 0 Å². The number of anilines is 1.